The van der Waals surface area contributed by atoms with Crippen LogP contribution in [0.15, 0.2) is 46.9 Å². The summed E-state index contributed by atoms with van der Waals surface area (Å²) in [5.74, 6) is -0.802. The zero-order chi connectivity index (χ0) is 15.4. The number of amides is 1. The number of halogens is 2. The molecule has 1 amide bonds. The normalized spacial score (nSPS) is 10.2. The van der Waals surface area contributed by atoms with Gasteiger partial charge in [-0.2, -0.15) is 0 Å². The molecule has 0 bridgehead atoms. The minimum atomic E-state index is -0.454. The molecule has 0 aliphatic rings. The number of nitrogens with two attached hydrogens (primary N) is 1. The van der Waals surface area contributed by atoms with Gasteiger partial charge in [0.2, 0.25) is 0 Å². The second-order valence-electron chi connectivity index (χ2n) is 4.37. The first-order valence-corrected chi connectivity index (χ1v) is 7.29. The Balaban J connectivity index is 2.04. The number of nitrogens with one attached hydrogen (secondary N) is 1. The minimum absolute atomic E-state index is 0.259. The van der Waals surface area contributed by atoms with Crippen LogP contribution in [0.5, 0.6) is 0 Å². The Morgan fingerprint density at radius 3 is 2.52 bits per heavy atom. The summed E-state index contributed by atoms with van der Waals surface area (Å²) in [6, 6.07) is 11.2. The van der Waals surface area contributed by atoms with Gasteiger partial charge in [-0.05, 0) is 39.7 Å². The van der Waals surface area contributed by atoms with Crippen molar-refractivity contribution in [2.45, 2.75) is 6.54 Å². The van der Waals surface area contributed by atoms with Gasteiger partial charge in [0.15, 0.2) is 0 Å². The molecule has 0 aliphatic heterocycles. The number of rotatable bonds is 4. The van der Waals surface area contributed by atoms with Gasteiger partial charge in [0.05, 0.1) is 5.56 Å². The zero-order valence-electron chi connectivity index (χ0n) is 10.9. The van der Waals surface area contributed by atoms with E-state index in [1.807, 2.05) is 12.1 Å². The van der Waals surface area contributed by atoms with Gasteiger partial charge in [-0.3, -0.25) is 4.79 Å². The topological polar surface area (TPSA) is 55.1 Å². The van der Waals surface area contributed by atoms with E-state index in [2.05, 4.69) is 21.2 Å². The van der Waals surface area contributed by atoms with Gasteiger partial charge in [0, 0.05) is 16.6 Å². The molecule has 0 radical (unpaired) electrons. The van der Waals surface area contributed by atoms with E-state index in [4.69, 9.17) is 18.0 Å². The smallest absolute Gasteiger partial charge is 0.252 e. The van der Waals surface area contributed by atoms with Crippen LogP contribution in [0.4, 0.5) is 4.39 Å². The van der Waals surface area contributed by atoms with Crippen molar-refractivity contribution in [3.63, 3.8) is 0 Å². The zero-order valence-corrected chi connectivity index (χ0v) is 13.3. The summed E-state index contributed by atoms with van der Waals surface area (Å²) >= 11 is 8.10. The van der Waals surface area contributed by atoms with Crippen LogP contribution in [0, 0.1) is 5.82 Å². The molecule has 0 aromatic heterocycles. The average molecular weight is 367 g/mol. The maximum Gasteiger partial charge on any atom is 0.252 e. The number of thiocarbonyl (C=S) groups is 1. The van der Waals surface area contributed by atoms with E-state index in [0.717, 1.165) is 11.1 Å². The van der Waals surface area contributed by atoms with E-state index in [-0.39, 0.29) is 11.5 Å². The molecule has 0 fully saturated rings. The summed E-state index contributed by atoms with van der Waals surface area (Å²) in [4.78, 5) is 12.3. The Kier molecular flexibility index (Phi) is 5.03. The molecule has 21 heavy (non-hydrogen) atoms. The van der Waals surface area contributed by atoms with Crippen LogP contribution in [-0.4, -0.2) is 10.9 Å². The Morgan fingerprint density at radius 1 is 1.24 bits per heavy atom. The minimum Gasteiger partial charge on any atom is -0.389 e. The molecule has 0 spiro atoms. The van der Waals surface area contributed by atoms with Gasteiger partial charge in [-0.15, -0.1) is 0 Å². The van der Waals surface area contributed by atoms with Crippen molar-refractivity contribution in [3.05, 3.63) is 69.4 Å². The van der Waals surface area contributed by atoms with E-state index in [1.165, 1.54) is 18.2 Å². The fourth-order valence-electron chi connectivity index (χ4n) is 1.74. The lowest BCUT2D eigenvalue weighted by molar-refractivity contribution is 0.0949. The maximum atomic E-state index is 13.2. The Labute approximate surface area is 135 Å². The lowest BCUT2D eigenvalue weighted by Gasteiger charge is -2.08. The third kappa shape index (κ3) is 4.09. The van der Waals surface area contributed by atoms with E-state index in [9.17, 15) is 9.18 Å². The number of hydrogen-bond donors (Lipinski definition) is 2. The highest BCUT2D eigenvalue weighted by atomic mass is 79.9. The predicted octanol–water partition coefficient (Wildman–Crippen LogP) is 3.15. The summed E-state index contributed by atoms with van der Waals surface area (Å²) in [7, 11) is 0. The highest BCUT2D eigenvalue weighted by molar-refractivity contribution is 9.10. The summed E-state index contributed by atoms with van der Waals surface area (Å²) in [5, 5.41) is 2.73. The number of carbonyl (C=O) groups excluding carboxylic acids is 1. The van der Waals surface area contributed by atoms with Crippen LogP contribution in [0.1, 0.15) is 21.5 Å². The Hall–Kier alpha value is -1.79. The van der Waals surface area contributed by atoms with Crippen molar-refractivity contribution in [2.24, 2.45) is 5.73 Å². The summed E-state index contributed by atoms with van der Waals surface area (Å²) in [6.45, 7) is 0.333. The van der Waals surface area contributed by atoms with Crippen molar-refractivity contribution in [2.75, 3.05) is 0 Å². The summed E-state index contributed by atoms with van der Waals surface area (Å²) in [5.41, 5.74) is 7.44. The van der Waals surface area contributed by atoms with E-state index in [0.29, 0.717) is 16.0 Å². The number of carbonyl (C=O) groups is 1. The highest BCUT2D eigenvalue weighted by Gasteiger charge is 2.10. The van der Waals surface area contributed by atoms with Crippen molar-refractivity contribution in [1.29, 1.82) is 0 Å². The fraction of sp³-hybridized carbons (Fsp3) is 0.0667. The van der Waals surface area contributed by atoms with Gasteiger partial charge in [-0.1, -0.05) is 36.5 Å². The SMILES string of the molecule is NC(=S)c1ccc(CNC(=O)c2cc(F)ccc2Br)cc1. The first-order chi connectivity index (χ1) is 9.97. The first-order valence-electron chi connectivity index (χ1n) is 6.09. The third-order valence-corrected chi connectivity index (χ3v) is 3.79. The molecule has 6 heteroatoms. The lowest BCUT2D eigenvalue weighted by atomic mass is 10.1. The predicted molar refractivity (Wildman–Crippen MR) is 87.6 cm³/mol. The molecule has 0 saturated heterocycles. The molecular weight excluding hydrogens is 355 g/mol. The van der Waals surface area contributed by atoms with Crippen molar-refractivity contribution >= 4 is 39.0 Å². The summed E-state index contributed by atoms with van der Waals surface area (Å²) < 4.78 is 13.7. The van der Waals surface area contributed by atoms with E-state index in [1.54, 1.807) is 12.1 Å². The maximum absolute atomic E-state index is 13.2. The third-order valence-electron chi connectivity index (χ3n) is 2.86. The van der Waals surface area contributed by atoms with Crippen molar-refractivity contribution in [3.8, 4) is 0 Å². The molecule has 2 rings (SSSR count). The van der Waals surface area contributed by atoms with E-state index >= 15 is 0 Å². The molecule has 3 nitrogen and oxygen atoms in total. The number of hydrogen-bond acceptors (Lipinski definition) is 2. The quantitative estimate of drug-likeness (QED) is 0.817. The standard InChI is InChI=1S/C15H12BrFN2OS/c16-13-6-5-11(17)7-12(13)15(20)19-8-9-1-3-10(4-2-9)14(18)21/h1-7H,8H2,(H2,18,21)(H,19,20). The van der Waals surface area contributed by atoms with Crippen LogP contribution in [0.3, 0.4) is 0 Å². The van der Waals surface area contributed by atoms with Crippen LogP contribution in [-0.2, 0) is 6.54 Å². The molecule has 108 valence electrons. The molecule has 3 N–H and O–H groups in total. The van der Waals surface area contributed by atoms with Crippen LogP contribution in [0.25, 0.3) is 0 Å². The fourth-order valence-corrected chi connectivity index (χ4v) is 2.30. The first kappa shape index (κ1) is 15.6. The summed E-state index contributed by atoms with van der Waals surface area (Å²) in [6.07, 6.45) is 0. The van der Waals surface area contributed by atoms with Crippen LogP contribution >= 0.6 is 28.1 Å². The molecule has 0 unspecified atom stereocenters. The van der Waals surface area contributed by atoms with Crippen molar-refractivity contribution < 1.29 is 9.18 Å². The van der Waals surface area contributed by atoms with Crippen LogP contribution < -0.4 is 11.1 Å². The van der Waals surface area contributed by atoms with Gasteiger partial charge < -0.3 is 11.1 Å². The average Bonchev–Trinajstić information content (AvgIpc) is 2.47. The van der Waals surface area contributed by atoms with E-state index < -0.39 is 5.82 Å². The lowest BCUT2D eigenvalue weighted by Crippen LogP contribution is -2.23. The van der Waals surface area contributed by atoms with Gasteiger partial charge >= 0.3 is 0 Å². The highest BCUT2D eigenvalue weighted by Crippen LogP contribution is 2.17. The van der Waals surface area contributed by atoms with Gasteiger partial charge in [0.25, 0.3) is 5.91 Å². The van der Waals surface area contributed by atoms with Gasteiger partial charge in [0.1, 0.15) is 10.8 Å². The second kappa shape index (κ2) is 6.78. The molecule has 0 aliphatic carbocycles. The van der Waals surface area contributed by atoms with Crippen LogP contribution in [0.2, 0.25) is 0 Å². The Morgan fingerprint density at radius 2 is 1.90 bits per heavy atom. The monoisotopic (exact) mass is 366 g/mol. The molecule has 2 aromatic carbocycles. The Bertz CT molecular complexity index is 689. The molecular formula is C15H12BrFN2OS. The van der Waals surface area contributed by atoms with Crippen molar-refractivity contribution in [1.82, 2.24) is 5.32 Å². The molecule has 0 saturated carbocycles. The van der Waals surface area contributed by atoms with Gasteiger partial charge in [-0.25, -0.2) is 4.39 Å². The number of benzene rings is 2. The molecule has 0 heterocycles. The molecule has 0 atom stereocenters. The molecule has 2 aromatic rings. The largest absolute Gasteiger partial charge is 0.389 e. The second-order valence-corrected chi connectivity index (χ2v) is 5.66.